The highest BCUT2D eigenvalue weighted by atomic mass is 19.1. The first kappa shape index (κ1) is 23.8. The third-order valence-electron chi connectivity index (χ3n) is 5.58. The minimum absolute atomic E-state index is 0.131. The molecule has 6 nitrogen and oxygen atoms in total. The van der Waals surface area contributed by atoms with Gasteiger partial charge in [-0.15, -0.1) is 0 Å². The fraction of sp³-hybridized carbons (Fsp3) is 0.143. The molecule has 7 heteroatoms. The van der Waals surface area contributed by atoms with Crippen LogP contribution in [0.3, 0.4) is 0 Å². The second-order valence-corrected chi connectivity index (χ2v) is 8.32. The van der Waals surface area contributed by atoms with E-state index < -0.39 is 23.7 Å². The Labute approximate surface area is 203 Å². The lowest BCUT2D eigenvalue weighted by atomic mass is 10.0. The molecule has 35 heavy (non-hydrogen) atoms. The van der Waals surface area contributed by atoms with Gasteiger partial charge in [0, 0.05) is 24.6 Å². The smallest absolute Gasteiger partial charge is 0.275 e. The van der Waals surface area contributed by atoms with Crippen LogP contribution in [-0.4, -0.2) is 26.7 Å². The number of rotatable bonds is 7. The van der Waals surface area contributed by atoms with Crippen molar-refractivity contribution in [2.24, 2.45) is 0 Å². The largest absolute Gasteiger partial charge is 0.324 e. The summed E-state index contributed by atoms with van der Waals surface area (Å²) in [6.07, 6.45) is 4.31. The van der Waals surface area contributed by atoms with Gasteiger partial charge in [0.15, 0.2) is 0 Å². The zero-order valence-corrected chi connectivity index (χ0v) is 19.5. The van der Waals surface area contributed by atoms with E-state index in [0.29, 0.717) is 11.3 Å². The second kappa shape index (κ2) is 10.7. The summed E-state index contributed by atoms with van der Waals surface area (Å²) in [7, 11) is 0. The average Bonchev–Trinajstić information content (AvgIpc) is 2.87. The molecular formula is C28H25FN4O2. The molecule has 0 unspecified atom stereocenters. The Bertz CT molecular complexity index is 1290. The number of nitrogens with zero attached hydrogens (tertiary/aromatic N) is 3. The third-order valence-corrected chi connectivity index (χ3v) is 5.58. The van der Waals surface area contributed by atoms with Crippen molar-refractivity contribution in [2.45, 2.75) is 26.4 Å². The molecule has 1 N–H and O–H groups in total. The van der Waals surface area contributed by atoms with Crippen molar-refractivity contribution in [1.29, 1.82) is 0 Å². The van der Waals surface area contributed by atoms with Crippen LogP contribution in [0.15, 0.2) is 91.4 Å². The Kier molecular flexibility index (Phi) is 7.26. The Balaban J connectivity index is 1.77. The highest BCUT2D eigenvalue weighted by Gasteiger charge is 2.33. The second-order valence-electron chi connectivity index (χ2n) is 8.32. The van der Waals surface area contributed by atoms with Crippen LogP contribution in [0, 0.1) is 19.7 Å². The molecule has 0 fully saturated rings. The highest BCUT2D eigenvalue weighted by molar-refractivity contribution is 6.00. The summed E-state index contributed by atoms with van der Waals surface area (Å²) in [6.45, 7) is 4.11. The molecule has 0 spiro atoms. The van der Waals surface area contributed by atoms with Gasteiger partial charge in [-0.2, -0.15) is 0 Å². The molecule has 0 radical (unpaired) electrons. The van der Waals surface area contributed by atoms with Gasteiger partial charge in [0.05, 0.1) is 6.20 Å². The van der Waals surface area contributed by atoms with E-state index in [9.17, 15) is 14.0 Å². The molecular weight excluding hydrogens is 443 g/mol. The van der Waals surface area contributed by atoms with Crippen LogP contribution in [0.2, 0.25) is 0 Å². The number of anilines is 1. The average molecular weight is 469 g/mol. The van der Waals surface area contributed by atoms with Crippen LogP contribution in [0.4, 0.5) is 10.1 Å². The maximum atomic E-state index is 13.7. The number of carbonyl (C=O) groups is 2. The number of hydrogen-bond acceptors (Lipinski definition) is 4. The van der Waals surface area contributed by atoms with E-state index in [1.54, 1.807) is 0 Å². The van der Waals surface area contributed by atoms with Gasteiger partial charge in [0.25, 0.3) is 11.8 Å². The van der Waals surface area contributed by atoms with Crippen molar-refractivity contribution in [1.82, 2.24) is 14.9 Å². The molecule has 0 aliphatic heterocycles. The lowest BCUT2D eigenvalue weighted by Crippen LogP contribution is -2.41. The topological polar surface area (TPSA) is 75.2 Å². The standard InChI is InChI=1S/C28H25FN4O2/c1-19-3-7-21(8-4-19)18-33(28(35)25-17-30-15-16-31-25)26(22-9-5-20(2)6-10-22)27(34)32-24-13-11-23(29)12-14-24/h3-17,26H,18H2,1-2H3,(H,32,34)/t26-/m0/s1. The lowest BCUT2D eigenvalue weighted by Gasteiger charge is -2.31. The number of amides is 2. The molecule has 2 amide bonds. The summed E-state index contributed by atoms with van der Waals surface area (Å²) in [6, 6.07) is 19.7. The first-order valence-corrected chi connectivity index (χ1v) is 11.2. The van der Waals surface area contributed by atoms with E-state index >= 15 is 0 Å². The van der Waals surface area contributed by atoms with E-state index in [0.717, 1.165) is 16.7 Å². The van der Waals surface area contributed by atoms with Crippen molar-refractivity contribution in [3.8, 4) is 0 Å². The molecule has 4 aromatic rings. The summed E-state index contributed by atoms with van der Waals surface area (Å²) >= 11 is 0. The number of nitrogens with one attached hydrogen (secondary N) is 1. The Morgan fingerprint density at radius 2 is 1.51 bits per heavy atom. The Morgan fingerprint density at radius 1 is 0.886 bits per heavy atom. The number of aromatic nitrogens is 2. The van der Waals surface area contributed by atoms with Crippen molar-refractivity contribution in [2.75, 3.05) is 5.32 Å². The molecule has 0 aliphatic rings. The predicted molar refractivity (Wildman–Crippen MR) is 132 cm³/mol. The van der Waals surface area contributed by atoms with Crippen LogP contribution in [0.1, 0.15) is 38.8 Å². The SMILES string of the molecule is Cc1ccc(CN(C(=O)c2cnccn2)[C@H](C(=O)Nc2ccc(F)cc2)c2ccc(C)cc2)cc1. The van der Waals surface area contributed by atoms with Crippen LogP contribution < -0.4 is 5.32 Å². The Hall–Kier alpha value is -4.39. The van der Waals surface area contributed by atoms with Gasteiger partial charge < -0.3 is 10.2 Å². The minimum atomic E-state index is -0.975. The summed E-state index contributed by atoms with van der Waals surface area (Å²) in [4.78, 5) is 37.0. The van der Waals surface area contributed by atoms with E-state index in [1.807, 2.05) is 62.4 Å². The van der Waals surface area contributed by atoms with Crippen LogP contribution in [-0.2, 0) is 11.3 Å². The molecule has 0 bridgehead atoms. The third kappa shape index (κ3) is 5.95. The normalized spacial score (nSPS) is 11.5. The maximum Gasteiger partial charge on any atom is 0.275 e. The Morgan fingerprint density at radius 3 is 2.11 bits per heavy atom. The van der Waals surface area contributed by atoms with Crippen molar-refractivity contribution in [3.05, 3.63) is 125 Å². The molecule has 3 aromatic carbocycles. The molecule has 0 saturated carbocycles. The van der Waals surface area contributed by atoms with Gasteiger partial charge in [0.2, 0.25) is 0 Å². The molecule has 176 valence electrons. The van der Waals surface area contributed by atoms with Gasteiger partial charge in [-0.1, -0.05) is 59.7 Å². The first-order chi connectivity index (χ1) is 16.9. The lowest BCUT2D eigenvalue weighted by molar-refractivity contribution is -0.121. The van der Waals surface area contributed by atoms with Gasteiger partial charge in [-0.3, -0.25) is 14.6 Å². The fourth-order valence-corrected chi connectivity index (χ4v) is 3.69. The highest BCUT2D eigenvalue weighted by Crippen LogP contribution is 2.27. The van der Waals surface area contributed by atoms with E-state index in [2.05, 4.69) is 15.3 Å². The van der Waals surface area contributed by atoms with E-state index in [4.69, 9.17) is 0 Å². The van der Waals surface area contributed by atoms with Gasteiger partial charge in [0.1, 0.15) is 17.6 Å². The first-order valence-electron chi connectivity index (χ1n) is 11.2. The monoisotopic (exact) mass is 468 g/mol. The number of halogens is 1. The van der Waals surface area contributed by atoms with Crippen molar-refractivity contribution in [3.63, 3.8) is 0 Å². The molecule has 0 aliphatic carbocycles. The van der Waals surface area contributed by atoms with E-state index in [-0.39, 0.29) is 12.2 Å². The molecule has 4 rings (SSSR count). The molecule has 1 aromatic heterocycles. The quantitative estimate of drug-likeness (QED) is 0.402. The summed E-state index contributed by atoms with van der Waals surface area (Å²) in [5.41, 5.74) is 4.17. The minimum Gasteiger partial charge on any atom is -0.324 e. The van der Waals surface area contributed by atoms with Crippen LogP contribution >= 0.6 is 0 Å². The van der Waals surface area contributed by atoms with Crippen LogP contribution in [0.5, 0.6) is 0 Å². The van der Waals surface area contributed by atoms with Crippen molar-refractivity contribution < 1.29 is 14.0 Å². The number of carbonyl (C=O) groups excluding carboxylic acids is 2. The number of hydrogen-bond donors (Lipinski definition) is 1. The molecule has 0 saturated heterocycles. The predicted octanol–water partition coefficient (Wildman–Crippen LogP) is 5.25. The zero-order valence-electron chi connectivity index (χ0n) is 19.5. The van der Waals surface area contributed by atoms with Gasteiger partial charge >= 0.3 is 0 Å². The van der Waals surface area contributed by atoms with Gasteiger partial charge in [-0.05, 0) is 49.2 Å². The summed E-state index contributed by atoms with van der Waals surface area (Å²) < 4.78 is 13.4. The van der Waals surface area contributed by atoms with Crippen molar-refractivity contribution >= 4 is 17.5 Å². The maximum absolute atomic E-state index is 13.7. The fourth-order valence-electron chi connectivity index (χ4n) is 3.69. The van der Waals surface area contributed by atoms with Gasteiger partial charge in [-0.25, -0.2) is 9.37 Å². The number of aryl methyl sites for hydroxylation is 2. The number of benzene rings is 3. The zero-order chi connectivity index (χ0) is 24.8. The van der Waals surface area contributed by atoms with Crippen LogP contribution in [0.25, 0.3) is 0 Å². The molecule has 1 atom stereocenters. The summed E-state index contributed by atoms with van der Waals surface area (Å²) in [5, 5.41) is 2.83. The van der Waals surface area contributed by atoms with E-state index in [1.165, 1.54) is 47.8 Å². The molecule has 1 heterocycles. The summed E-state index contributed by atoms with van der Waals surface area (Å²) in [5.74, 6) is -1.26.